The minimum absolute atomic E-state index is 0. The normalized spacial score (nSPS) is 11.3. The van der Waals surface area contributed by atoms with Crippen molar-refractivity contribution < 1.29 is 18.0 Å². The molecule has 11 heteroatoms. The number of para-hydroxylation sites is 2. The van der Waals surface area contributed by atoms with E-state index in [1.165, 1.54) is 15.5 Å². The van der Waals surface area contributed by atoms with Crippen molar-refractivity contribution in [2.45, 2.75) is 6.54 Å². The highest BCUT2D eigenvalue weighted by Crippen LogP contribution is 2.31. The van der Waals surface area contributed by atoms with Gasteiger partial charge in [-0.3, -0.25) is 14.3 Å². The number of likely N-dealkylation sites (N-methyl/N-ethyl adjacent to an activating group) is 1. The Labute approximate surface area is 185 Å². The molecule has 0 spiro atoms. The molecule has 0 atom stereocenters. The van der Waals surface area contributed by atoms with Crippen LogP contribution in [0.5, 0.6) is 0 Å². The quantitative estimate of drug-likeness (QED) is 0.433. The average molecular weight is 469 g/mol. The fourth-order valence-corrected chi connectivity index (χ4v) is 4.12. The van der Waals surface area contributed by atoms with Crippen LogP contribution in [0.4, 0.5) is 13.9 Å². The van der Waals surface area contributed by atoms with Crippen molar-refractivity contribution in [1.82, 2.24) is 14.5 Å². The van der Waals surface area contributed by atoms with Crippen LogP contribution in [-0.4, -0.2) is 47.5 Å². The van der Waals surface area contributed by atoms with E-state index in [0.717, 1.165) is 17.4 Å². The number of amides is 1. The van der Waals surface area contributed by atoms with E-state index in [9.17, 15) is 18.4 Å². The zero-order chi connectivity index (χ0) is 21.4. The van der Waals surface area contributed by atoms with Gasteiger partial charge in [-0.25, -0.2) is 18.6 Å². The maximum absolute atomic E-state index is 14.1. The molecule has 0 radical (unpaired) electrons. The summed E-state index contributed by atoms with van der Waals surface area (Å²) in [4.78, 5) is 32.9. The van der Waals surface area contributed by atoms with Crippen molar-refractivity contribution in [2.24, 2.45) is 0 Å². The topological polar surface area (TPSA) is 71.6 Å². The van der Waals surface area contributed by atoms with Crippen molar-refractivity contribution in [3.05, 3.63) is 58.6 Å². The van der Waals surface area contributed by atoms with Crippen LogP contribution < -0.4 is 10.7 Å². The Balaban J connectivity index is 0.00000272. The number of nitrogens with zero attached hydrogens (tertiary/aromatic N) is 4. The molecule has 7 nitrogen and oxygen atoms in total. The molecule has 0 fully saturated rings. The predicted octanol–water partition coefficient (Wildman–Crippen LogP) is 3.50. The highest BCUT2D eigenvalue weighted by atomic mass is 35.5. The van der Waals surface area contributed by atoms with Gasteiger partial charge in [0, 0.05) is 19.2 Å². The highest BCUT2D eigenvalue weighted by molar-refractivity contribution is 7.22. The van der Waals surface area contributed by atoms with Crippen molar-refractivity contribution in [3.63, 3.8) is 0 Å². The Bertz CT molecular complexity index is 1300. The van der Waals surface area contributed by atoms with E-state index in [0.29, 0.717) is 22.3 Å². The van der Waals surface area contributed by atoms with Gasteiger partial charge in [-0.1, -0.05) is 23.5 Å². The molecule has 0 N–H and O–H groups in total. The van der Waals surface area contributed by atoms with Gasteiger partial charge < -0.3 is 9.32 Å². The fourth-order valence-electron chi connectivity index (χ4n) is 3.07. The number of oxazole rings is 1. The molecule has 0 bridgehead atoms. The van der Waals surface area contributed by atoms with Crippen LogP contribution in [0.1, 0.15) is 0 Å². The van der Waals surface area contributed by atoms with Gasteiger partial charge >= 0.3 is 5.76 Å². The van der Waals surface area contributed by atoms with Gasteiger partial charge in [-0.2, -0.15) is 0 Å². The lowest BCUT2D eigenvalue weighted by molar-refractivity contribution is -0.119. The van der Waals surface area contributed by atoms with E-state index in [2.05, 4.69) is 4.98 Å². The summed E-state index contributed by atoms with van der Waals surface area (Å²) in [6.07, 6.45) is 0. The van der Waals surface area contributed by atoms with Crippen LogP contribution in [0.3, 0.4) is 0 Å². The summed E-state index contributed by atoms with van der Waals surface area (Å²) in [5.41, 5.74) is 0.887. The lowest BCUT2D eigenvalue weighted by atomic mass is 10.3. The van der Waals surface area contributed by atoms with Crippen molar-refractivity contribution in [1.29, 1.82) is 0 Å². The summed E-state index contributed by atoms with van der Waals surface area (Å²) in [5, 5.41) is 0.238. The van der Waals surface area contributed by atoms with Gasteiger partial charge in [0.2, 0.25) is 5.91 Å². The lowest BCUT2D eigenvalue weighted by Gasteiger charge is -2.22. The Morgan fingerprint density at radius 2 is 1.94 bits per heavy atom. The van der Waals surface area contributed by atoms with Crippen molar-refractivity contribution >= 4 is 56.1 Å². The third-order valence-electron chi connectivity index (χ3n) is 4.57. The standard InChI is InChI=1S/C20H18F2N4O3S.ClH/c1-24(2)7-8-25(19-23-18-13(22)9-12(21)10-16(18)30-19)17(27)11-26-14-5-3-4-6-15(14)29-20(26)28;/h3-6,9-10H,7-8,11H2,1-2H3;1H. The van der Waals surface area contributed by atoms with E-state index in [-0.39, 0.29) is 36.1 Å². The number of halogens is 3. The maximum Gasteiger partial charge on any atom is 0.420 e. The van der Waals surface area contributed by atoms with E-state index < -0.39 is 23.3 Å². The number of hydrogen-bond donors (Lipinski definition) is 0. The number of thiazole rings is 1. The number of hydrogen-bond acceptors (Lipinski definition) is 6. The van der Waals surface area contributed by atoms with Crippen molar-refractivity contribution in [3.8, 4) is 0 Å². The van der Waals surface area contributed by atoms with Gasteiger partial charge in [0.1, 0.15) is 17.9 Å². The number of aromatic nitrogens is 2. The molecule has 0 aliphatic rings. The Hall–Kier alpha value is -2.82. The number of rotatable bonds is 6. The van der Waals surface area contributed by atoms with Crippen LogP contribution in [0, 0.1) is 11.6 Å². The molecule has 2 aromatic heterocycles. The minimum atomic E-state index is -0.787. The molecule has 0 aliphatic carbocycles. The SMILES string of the molecule is CN(C)CCN(C(=O)Cn1c(=O)oc2ccccc21)c1nc2c(F)cc(F)cc2s1.Cl. The second-order valence-electron chi connectivity index (χ2n) is 7.00. The Morgan fingerprint density at radius 1 is 1.19 bits per heavy atom. The highest BCUT2D eigenvalue weighted by Gasteiger charge is 2.23. The van der Waals surface area contributed by atoms with Crippen LogP contribution in [-0.2, 0) is 11.3 Å². The fraction of sp³-hybridized carbons (Fsp3) is 0.250. The van der Waals surface area contributed by atoms with Crippen LogP contribution in [0.2, 0.25) is 0 Å². The summed E-state index contributed by atoms with van der Waals surface area (Å²) in [5.74, 6) is -2.55. The molecule has 1 amide bonds. The van der Waals surface area contributed by atoms with Gasteiger partial charge in [-0.15, -0.1) is 12.4 Å². The van der Waals surface area contributed by atoms with Gasteiger partial charge in [0.05, 0.1) is 10.2 Å². The smallest absolute Gasteiger partial charge is 0.408 e. The molecule has 0 saturated carbocycles. The molecule has 4 rings (SSSR count). The summed E-state index contributed by atoms with van der Waals surface area (Å²) < 4.78 is 34.4. The van der Waals surface area contributed by atoms with E-state index in [1.54, 1.807) is 24.3 Å². The zero-order valence-electron chi connectivity index (χ0n) is 16.7. The molecule has 2 heterocycles. The summed E-state index contributed by atoms with van der Waals surface area (Å²) in [6.45, 7) is 0.510. The minimum Gasteiger partial charge on any atom is -0.408 e. The van der Waals surface area contributed by atoms with E-state index in [4.69, 9.17) is 4.42 Å². The lowest BCUT2D eigenvalue weighted by Crippen LogP contribution is -2.39. The summed E-state index contributed by atoms with van der Waals surface area (Å²) in [7, 11) is 3.70. The average Bonchev–Trinajstić information content (AvgIpc) is 3.23. The molecule has 0 aliphatic heterocycles. The first kappa shape index (κ1) is 22.9. The van der Waals surface area contributed by atoms with Crippen molar-refractivity contribution in [2.75, 3.05) is 32.1 Å². The summed E-state index contributed by atoms with van der Waals surface area (Å²) in [6, 6.07) is 8.75. The molecule has 164 valence electrons. The maximum atomic E-state index is 14.1. The van der Waals surface area contributed by atoms with Crippen LogP contribution in [0.25, 0.3) is 21.3 Å². The molecular formula is C20H19ClF2N4O3S. The molecular weight excluding hydrogens is 450 g/mol. The first-order valence-electron chi connectivity index (χ1n) is 9.12. The van der Waals surface area contributed by atoms with E-state index >= 15 is 0 Å². The first-order valence-corrected chi connectivity index (χ1v) is 9.94. The summed E-state index contributed by atoms with van der Waals surface area (Å²) >= 11 is 1.02. The molecule has 0 saturated heterocycles. The third-order valence-corrected chi connectivity index (χ3v) is 5.60. The van der Waals surface area contributed by atoms with Gasteiger partial charge in [0.25, 0.3) is 0 Å². The predicted molar refractivity (Wildman–Crippen MR) is 118 cm³/mol. The number of carbonyl (C=O) groups excluding carboxylic acids is 1. The third kappa shape index (κ3) is 4.60. The number of anilines is 1. The Morgan fingerprint density at radius 3 is 2.68 bits per heavy atom. The van der Waals surface area contributed by atoms with Gasteiger partial charge in [0.15, 0.2) is 16.5 Å². The number of fused-ring (bicyclic) bond motifs is 2. The Kier molecular flexibility index (Phi) is 6.73. The van der Waals surface area contributed by atoms with Crippen LogP contribution >= 0.6 is 23.7 Å². The first-order chi connectivity index (χ1) is 14.3. The largest absolute Gasteiger partial charge is 0.420 e. The second kappa shape index (κ2) is 9.13. The molecule has 4 aromatic rings. The second-order valence-corrected chi connectivity index (χ2v) is 8.01. The molecule has 2 aromatic carbocycles. The number of carbonyl (C=O) groups is 1. The molecule has 0 unspecified atom stereocenters. The van der Waals surface area contributed by atoms with Gasteiger partial charge in [-0.05, 0) is 32.3 Å². The van der Waals surface area contributed by atoms with Crippen LogP contribution in [0.15, 0.2) is 45.6 Å². The zero-order valence-corrected chi connectivity index (χ0v) is 18.3. The monoisotopic (exact) mass is 468 g/mol. The van der Waals surface area contributed by atoms with E-state index in [1.807, 2.05) is 19.0 Å². The molecule has 31 heavy (non-hydrogen) atoms. The number of benzene rings is 2.